The first-order valence-electron chi connectivity index (χ1n) is 10.0. The van der Waals surface area contributed by atoms with Gasteiger partial charge in [0, 0.05) is 0 Å². The summed E-state index contributed by atoms with van der Waals surface area (Å²) in [6.07, 6.45) is 19.2. The maximum Gasteiger partial charge on any atom is -0.00133 e. The van der Waals surface area contributed by atoms with Gasteiger partial charge >= 0.3 is 0 Å². The fourth-order valence-electron chi connectivity index (χ4n) is 4.86. The third-order valence-electron chi connectivity index (χ3n) is 6.46. The van der Waals surface area contributed by atoms with Gasteiger partial charge in [0.15, 0.2) is 0 Å². The van der Waals surface area contributed by atoms with Crippen LogP contribution < -0.4 is 0 Å². The molecule has 0 amide bonds. The monoisotopic (exact) mass is 293 g/mol. The predicted octanol–water partition coefficient (Wildman–Crippen LogP) is 6.03. The lowest BCUT2D eigenvalue weighted by Gasteiger charge is -2.53. The molecule has 1 unspecified atom stereocenters. The average Bonchev–Trinajstić information content (AvgIpc) is 2.55. The van der Waals surface area contributed by atoms with E-state index in [-0.39, 0.29) is 0 Å². The molecule has 1 nitrogen and oxygen atoms in total. The Kier molecular flexibility index (Phi) is 7.57. The topological polar surface area (TPSA) is 3.24 Å². The largest absolute Gasteiger partial charge is 0.303 e. The molecule has 0 radical (unpaired) electrons. The van der Waals surface area contributed by atoms with E-state index in [1.54, 1.807) is 0 Å². The van der Waals surface area contributed by atoms with E-state index in [4.69, 9.17) is 0 Å². The molecule has 3 aliphatic rings. The first-order valence-corrected chi connectivity index (χ1v) is 10.0. The van der Waals surface area contributed by atoms with Crippen LogP contribution >= 0.6 is 0 Å². The maximum atomic E-state index is 2.70. The Hall–Kier alpha value is -0.0400. The van der Waals surface area contributed by atoms with Crippen molar-refractivity contribution in [2.24, 2.45) is 11.3 Å². The molecule has 124 valence electrons. The minimum atomic E-state index is 0.757. The third-order valence-corrected chi connectivity index (χ3v) is 6.46. The number of hydrogen-bond donors (Lipinski definition) is 0. The van der Waals surface area contributed by atoms with Gasteiger partial charge in [-0.2, -0.15) is 0 Å². The third kappa shape index (κ3) is 4.98. The summed E-state index contributed by atoms with van der Waals surface area (Å²) in [5, 5.41) is 0. The number of hydrogen-bond acceptors (Lipinski definition) is 1. The van der Waals surface area contributed by atoms with E-state index in [1.807, 2.05) is 0 Å². The van der Waals surface area contributed by atoms with Gasteiger partial charge in [-0.15, -0.1) is 0 Å². The zero-order chi connectivity index (χ0) is 15.0. The Bertz CT molecular complexity index is 251. The van der Waals surface area contributed by atoms with Crippen molar-refractivity contribution in [3.8, 4) is 0 Å². The van der Waals surface area contributed by atoms with Crippen molar-refractivity contribution in [3.63, 3.8) is 0 Å². The normalized spacial score (nSPS) is 29.7. The number of nitrogens with zero attached hydrogens (tertiary/aromatic N) is 1. The Morgan fingerprint density at radius 1 is 0.714 bits per heavy atom. The number of piperidine rings is 3. The standard InChI is InChI=1S/C20H39N/c1-3-5-7-8-10-12-19(11-9-6-4-2)20-13-16-21(17-14-20)18-15-20/h19H,3-18H2,1-2H3. The molecule has 0 saturated carbocycles. The van der Waals surface area contributed by atoms with Gasteiger partial charge in [-0.3, -0.25) is 0 Å². The highest BCUT2D eigenvalue weighted by Crippen LogP contribution is 2.49. The van der Waals surface area contributed by atoms with Crippen LogP contribution in [0.3, 0.4) is 0 Å². The van der Waals surface area contributed by atoms with E-state index >= 15 is 0 Å². The van der Waals surface area contributed by atoms with Crippen molar-refractivity contribution in [1.29, 1.82) is 0 Å². The molecule has 0 aromatic rings. The summed E-state index contributed by atoms with van der Waals surface area (Å²) in [5.74, 6) is 1.05. The molecule has 1 atom stereocenters. The van der Waals surface area contributed by atoms with E-state index in [0.29, 0.717) is 0 Å². The molecule has 3 rings (SSSR count). The second-order valence-electron chi connectivity index (χ2n) is 7.85. The second-order valence-corrected chi connectivity index (χ2v) is 7.85. The maximum absolute atomic E-state index is 2.70. The van der Waals surface area contributed by atoms with Gasteiger partial charge in [0.25, 0.3) is 0 Å². The first-order chi connectivity index (χ1) is 10.3. The highest BCUT2D eigenvalue weighted by molar-refractivity contribution is 4.96. The summed E-state index contributed by atoms with van der Waals surface area (Å²) in [7, 11) is 0. The summed E-state index contributed by atoms with van der Waals surface area (Å²) in [4.78, 5) is 2.70. The number of fused-ring (bicyclic) bond motifs is 3. The Labute approximate surface area is 133 Å². The summed E-state index contributed by atoms with van der Waals surface area (Å²) in [5.41, 5.74) is 0.757. The molecule has 0 N–H and O–H groups in total. The van der Waals surface area contributed by atoms with Crippen molar-refractivity contribution in [3.05, 3.63) is 0 Å². The van der Waals surface area contributed by atoms with E-state index in [1.165, 1.54) is 103 Å². The second kappa shape index (κ2) is 9.18. The van der Waals surface area contributed by atoms with Crippen LogP contribution in [0.25, 0.3) is 0 Å². The summed E-state index contributed by atoms with van der Waals surface area (Å²) < 4.78 is 0. The van der Waals surface area contributed by atoms with E-state index in [0.717, 1.165) is 11.3 Å². The van der Waals surface area contributed by atoms with Crippen molar-refractivity contribution >= 4 is 0 Å². The van der Waals surface area contributed by atoms with Crippen molar-refractivity contribution in [2.75, 3.05) is 19.6 Å². The summed E-state index contributed by atoms with van der Waals surface area (Å²) in [6.45, 7) is 8.87. The van der Waals surface area contributed by atoms with Gasteiger partial charge in [0.05, 0.1) is 0 Å². The summed E-state index contributed by atoms with van der Waals surface area (Å²) in [6, 6.07) is 0. The van der Waals surface area contributed by atoms with Gasteiger partial charge in [-0.1, -0.05) is 65.2 Å². The quantitative estimate of drug-likeness (QED) is 0.420. The van der Waals surface area contributed by atoms with Crippen LogP contribution in [0, 0.1) is 11.3 Å². The molecule has 3 fully saturated rings. The Morgan fingerprint density at radius 2 is 1.19 bits per heavy atom. The van der Waals surface area contributed by atoms with Gasteiger partial charge < -0.3 is 4.90 Å². The SMILES string of the molecule is CCCCCCCC(CCCCC)C12CCN(CC1)CC2. The van der Waals surface area contributed by atoms with Crippen LogP contribution in [0.5, 0.6) is 0 Å². The van der Waals surface area contributed by atoms with Crippen LogP contribution in [0.4, 0.5) is 0 Å². The zero-order valence-electron chi connectivity index (χ0n) is 14.8. The molecule has 21 heavy (non-hydrogen) atoms. The van der Waals surface area contributed by atoms with Gasteiger partial charge in [0.2, 0.25) is 0 Å². The highest BCUT2D eigenvalue weighted by Gasteiger charge is 2.43. The smallest absolute Gasteiger partial charge is 0.00133 e. The number of rotatable bonds is 11. The molecule has 0 aromatic carbocycles. The minimum absolute atomic E-state index is 0.757. The minimum Gasteiger partial charge on any atom is -0.303 e. The van der Waals surface area contributed by atoms with Crippen LogP contribution in [0.15, 0.2) is 0 Å². The summed E-state index contributed by atoms with van der Waals surface area (Å²) >= 11 is 0. The van der Waals surface area contributed by atoms with Gasteiger partial charge in [-0.05, 0) is 63.1 Å². The van der Waals surface area contributed by atoms with Crippen molar-refractivity contribution in [2.45, 2.75) is 97.3 Å². The van der Waals surface area contributed by atoms with Crippen LogP contribution in [0.1, 0.15) is 97.3 Å². The molecule has 0 spiro atoms. The molecular formula is C20H39N. The van der Waals surface area contributed by atoms with Crippen LogP contribution in [0.2, 0.25) is 0 Å². The zero-order valence-corrected chi connectivity index (χ0v) is 14.8. The highest BCUT2D eigenvalue weighted by atomic mass is 15.1. The van der Waals surface area contributed by atoms with E-state index in [2.05, 4.69) is 18.7 Å². The lowest BCUT2D eigenvalue weighted by atomic mass is 9.61. The molecule has 3 aliphatic heterocycles. The Morgan fingerprint density at radius 3 is 1.76 bits per heavy atom. The fraction of sp³-hybridized carbons (Fsp3) is 1.00. The lowest BCUT2D eigenvalue weighted by molar-refractivity contribution is -0.0266. The molecular weight excluding hydrogens is 254 g/mol. The first kappa shape index (κ1) is 17.3. The van der Waals surface area contributed by atoms with Crippen LogP contribution in [-0.2, 0) is 0 Å². The lowest BCUT2D eigenvalue weighted by Crippen LogP contribution is -2.51. The number of unbranched alkanes of at least 4 members (excludes halogenated alkanes) is 6. The molecule has 0 aromatic heterocycles. The van der Waals surface area contributed by atoms with E-state index < -0.39 is 0 Å². The van der Waals surface area contributed by atoms with Crippen molar-refractivity contribution < 1.29 is 0 Å². The molecule has 3 saturated heterocycles. The predicted molar refractivity (Wildman–Crippen MR) is 93.7 cm³/mol. The Balaban J connectivity index is 1.82. The van der Waals surface area contributed by atoms with Gasteiger partial charge in [0.1, 0.15) is 0 Å². The van der Waals surface area contributed by atoms with Crippen molar-refractivity contribution in [1.82, 2.24) is 4.90 Å². The average molecular weight is 294 g/mol. The molecule has 2 bridgehead atoms. The van der Waals surface area contributed by atoms with Crippen LogP contribution in [-0.4, -0.2) is 24.5 Å². The molecule has 3 heterocycles. The fourth-order valence-corrected chi connectivity index (χ4v) is 4.86. The molecule has 1 heteroatoms. The molecule has 0 aliphatic carbocycles. The van der Waals surface area contributed by atoms with E-state index in [9.17, 15) is 0 Å². The van der Waals surface area contributed by atoms with Gasteiger partial charge in [-0.25, -0.2) is 0 Å².